The second-order valence-corrected chi connectivity index (χ2v) is 6.58. The Labute approximate surface area is 132 Å². The summed E-state index contributed by atoms with van der Waals surface area (Å²) in [6.45, 7) is 8.55. The Balaban J connectivity index is 2.07. The zero-order valence-corrected chi connectivity index (χ0v) is 14.1. The van der Waals surface area contributed by atoms with Gasteiger partial charge in [0.25, 0.3) is 0 Å². The fourth-order valence-electron chi connectivity index (χ4n) is 2.42. The molecule has 0 saturated carbocycles. The zero-order chi connectivity index (χ0) is 15.2. The third-order valence-electron chi connectivity index (χ3n) is 3.48. The molecule has 0 fully saturated rings. The van der Waals surface area contributed by atoms with E-state index in [-0.39, 0.29) is 6.10 Å². The molecule has 0 bridgehead atoms. The summed E-state index contributed by atoms with van der Waals surface area (Å²) in [5, 5.41) is 5.86. The molecule has 114 valence electrons. The topological polar surface area (TPSA) is 21.3 Å². The van der Waals surface area contributed by atoms with E-state index in [4.69, 9.17) is 4.74 Å². The maximum Gasteiger partial charge on any atom is 0.120 e. The molecule has 2 atom stereocenters. The minimum Gasteiger partial charge on any atom is -0.491 e. The largest absolute Gasteiger partial charge is 0.491 e. The molecule has 1 aromatic carbocycles. The van der Waals surface area contributed by atoms with Crippen molar-refractivity contribution in [1.29, 1.82) is 0 Å². The van der Waals surface area contributed by atoms with Crippen LogP contribution in [-0.4, -0.2) is 6.10 Å². The number of rotatable bonds is 7. The van der Waals surface area contributed by atoms with E-state index in [0.29, 0.717) is 12.1 Å². The summed E-state index contributed by atoms with van der Waals surface area (Å²) in [5.41, 5.74) is 1.27. The lowest BCUT2D eigenvalue weighted by Crippen LogP contribution is -2.23. The van der Waals surface area contributed by atoms with Crippen LogP contribution in [0.15, 0.2) is 41.8 Å². The Kier molecular flexibility index (Phi) is 5.83. The van der Waals surface area contributed by atoms with Crippen LogP contribution in [0.2, 0.25) is 0 Å². The molecule has 0 amide bonds. The SMILES string of the molecule is CCC(NC(C)c1cccc(OC(C)C)c1)c1cccs1. The van der Waals surface area contributed by atoms with Crippen LogP contribution in [0.4, 0.5) is 0 Å². The smallest absolute Gasteiger partial charge is 0.120 e. The summed E-state index contributed by atoms with van der Waals surface area (Å²) in [6, 6.07) is 13.4. The van der Waals surface area contributed by atoms with Crippen molar-refractivity contribution in [3.05, 3.63) is 52.2 Å². The fourth-order valence-corrected chi connectivity index (χ4v) is 3.29. The standard InChI is InChI=1S/C18H25NOS/c1-5-17(18-10-7-11-21-18)19-14(4)15-8-6-9-16(12-15)20-13(2)3/h6-14,17,19H,5H2,1-4H3. The predicted molar refractivity (Wildman–Crippen MR) is 91.1 cm³/mol. The molecule has 0 aliphatic rings. The van der Waals surface area contributed by atoms with Crippen LogP contribution in [-0.2, 0) is 0 Å². The van der Waals surface area contributed by atoms with Crippen molar-refractivity contribution in [2.24, 2.45) is 0 Å². The van der Waals surface area contributed by atoms with Crippen molar-refractivity contribution < 1.29 is 4.74 Å². The summed E-state index contributed by atoms with van der Waals surface area (Å²) in [4.78, 5) is 1.40. The Morgan fingerprint density at radius 1 is 1.14 bits per heavy atom. The molecular formula is C18H25NOS. The highest BCUT2D eigenvalue weighted by Gasteiger charge is 2.15. The van der Waals surface area contributed by atoms with E-state index >= 15 is 0 Å². The third kappa shape index (κ3) is 4.58. The lowest BCUT2D eigenvalue weighted by atomic mass is 10.1. The predicted octanol–water partition coefficient (Wildman–Crippen LogP) is 5.34. The Morgan fingerprint density at radius 2 is 1.95 bits per heavy atom. The van der Waals surface area contributed by atoms with Gasteiger partial charge in [0.05, 0.1) is 6.10 Å². The van der Waals surface area contributed by atoms with Crippen LogP contribution in [0.1, 0.15) is 56.6 Å². The zero-order valence-electron chi connectivity index (χ0n) is 13.3. The van der Waals surface area contributed by atoms with Gasteiger partial charge in [0.1, 0.15) is 5.75 Å². The highest BCUT2D eigenvalue weighted by Crippen LogP contribution is 2.27. The average molecular weight is 303 g/mol. The summed E-state index contributed by atoms with van der Waals surface area (Å²) in [7, 11) is 0. The molecule has 0 spiro atoms. The normalized spacial score (nSPS) is 14.1. The van der Waals surface area contributed by atoms with E-state index in [1.165, 1.54) is 10.4 Å². The number of hydrogen-bond donors (Lipinski definition) is 1. The monoisotopic (exact) mass is 303 g/mol. The molecule has 21 heavy (non-hydrogen) atoms. The van der Waals surface area contributed by atoms with Gasteiger partial charge in [-0.1, -0.05) is 25.1 Å². The Bertz CT molecular complexity index is 536. The fraction of sp³-hybridized carbons (Fsp3) is 0.444. The summed E-state index contributed by atoms with van der Waals surface area (Å²) < 4.78 is 5.78. The van der Waals surface area contributed by atoms with Crippen LogP contribution >= 0.6 is 11.3 Å². The van der Waals surface area contributed by atoms with Crippen molar-refractivity contribution in [1.82, 2.24) is 5.32 Å². The van der Waals surface area contributed by atoms with Gasteiger partial charge in [0.15, 0.2) is 0 Å². The molecule has 2 unspecified atom stereocenters. The minimum atomic E-state index is 0.207. The van der Waals surface area contributed by atoms with Gasteiger partial charge in [-0.2, -0.15) is 0 Å². The number of ether oxygens (including phenoxy) is 1. The molecule has 3 heteroatoms. The van der Waals surface area contributed by atoms with Crippen LogP contribution in [0.5, 0.6) is 5.75 Å². The maximum atomic E-state index is 5.78. The number of hydrogen-bond acceptors (Lipinski definition) is 3. The third-order valence-corrected chi connectivity index (χ3v) is 4.46. The molecule has 0 aliphatic carbocycles. The van der Waals surface area contributed by atoms with E-state index in [1.54, 1.807) is 0 Å². The van der Waals surface area contributed by atoms with Gasteiger partial charge in [-0.3, -0.25) is 0 Å². The van der Waals surface area contributed by atoms with Crippen molar-refractivity contribution >= 4 is 11.3 Å². The van der Waals surface area contributed by atoms with E-state index < -0.39 is 0 Å². The molecule has 0 aliphatic heterocycles. The van der Waals surface area contributed by atoms with Crippen molar-refractivity contribution in [3.8, 4) is 5.75 Å². The first-order chi connectivity index (χ1) is 10.1. The maximum absolute atomic E-state index is 5.78. The van der Waals surface area contributed by atoms with Gasteiger partial charge in [-0.05, 0) is 56.3 Å². The Morgan fingerprint density at radius 3 is 2.57 bits per heavy atom. The molecule has 1 heterocycles. The second kappa shape index (κ2) is 7.62. The Hall–Kier alpha value is -1.32. The highest BCUT2D eigenvalue weighted by molar-refractivity contribution is 7.10. The number of thiophene rings is 1. The average Bonchev–Trinajstić information content (AvgIpc) is 2.98. The van der Waals surface area contributed by atoms with Gasteiger partial charge in [0, 0.05) is 17.0 Å². The van der Waals surface area contributed by atoms with E-state index in [1.807, 2.05) is 17.4 Å². The van der Waals surface area contributed by atoms with Crippen LogP contribution < -0.4 is 10.1 Å². The van der Waals surface area contributed by atoms with Gasteiger partial charge in [-0.25, -0.2) is 0 Å². The van der Waals surface area contributed by atoms with Gasteiger partial charge in [0.2, 0.25) is 0 Å². The van der Waals surface area contributed by atoms with Gasteiger partial charge < -0.3 is 10.1 Å². The van der Waals surface area contributed by atoms with Gasteiger partial charge >= 0.3 is 0 Å². The summed E-state index contributed by atoms with van der Waals surface area (Å²) >= 11 is 1.82. The first-order valence-corrected chi connectivity index (χ1v) is 8.54. The summed E-state index contributed by atoms with van der Waals surface area (Å²) in [6.07, 6.45) is 1.30. The van der Waals surface area contributed by atoms with Crippen molar-refractivity contribution in [2.75, 3.05) is 0 Å². The minimum absolute atomic E-state index is 0.207. The van der Waals surface area contributed by atoms with E-state index in [2.05, 4.69) is 68.7 Å². The quantitative estimate of drug-likeness (QED) is 0.745. The highest BCUT2D eigenvalue weighted by atomic mass is 32.1. The van der Waals surface area contributed by atoms with Crippen LogP contribution in [0.25, 0.3) is 0 Å². The summed E-state index contributed by atoms with van der Waals surface area (Å²) in [5.74, 6) is 0.945. The van der Waals surface area contributed by atoms with Gasteiger partial charge in [-0.15, -0.1) is 11.3 Å². The molecule has 0 radical (unpaired) electrons. The molecule has 0 saturated heterocycles. The van der Waals surface area contributed by atoms with Crippen LogP contribution in [0.3, 0.4) is 0 Å². The molecule has 2 rings (SSSR count). The second-order valence-electron chi connectivity index (χ2n) is 5.60. The van der Waals surface area contributed by atoms with Crippen LogP contribution in [0, 0.1) is 0 Å². The molecule has 1 N–H and O–H groups in total. The molecule has 2 nitrogen and oxygen atoms in total. The van der Waals surface area contributed by atoms with E-state index in [0.717, 1.165) is 12.2 Å². The van der Waals surface area contributed by atoms with Crippen molar-refractivity contribution in [2.45, 2.75) is 52.3 Å². The first kappa shape index (κ1) is 16.1. The number of nitrogens with one attached hydrogen (secondary N) is 1. The lowest BCUT2D eigenvalue weighted by molar-refractivity contribution is 0.242. The van der Waals surface area contributed by atoms with Crippen molar-refractivity contribution in [3.63, 3.8) is 0 Å². The van der Waals surface area contributed by atoms with E-state index in [9.17, 15) is 0 Å². The molecular weight excluding hydrogens is 278 g/mol. The molecule has 2 aromatic rings. The number of benzene rings is 1. The first-order valence-electron chi connectivity index (χ1n) is 7.66. The lowest BCUT2D eigenvalue weighted by Gasteiger charge is -2.22. The molecule has 1 aromatic heterocycles.